The summed E-state index contributed by atoms with van der Waals surface area (Å²) in [5.41, 5.74) is 12.1. The van der Waals surface area contributed by atoms with Crippen molar-refractivity contribution in [2.75, 3.05) is 0 Å². The first-order valence-corrected chi connectivity index (χ1v) is 18.7. The second kappa shape index (κ2) is 10.6. The Morgan fingerprint density at radius 1 is 0.418 bits per heavy atom. The highest BCUT2D eigenvalue weighted by atomic mass is 16.3. The van der Waals surface area contributed by atoms with E-state index in [9.17, 15) is 0 Å². The van der Waals surface area contributed by atoms with Crippen LogP contribution < -0.4 is 0 Å². The lowest BCUT2D eigenvalue weighted by Gasteiger charge is -2.11. The van der Waals surface area contributed by atoms with Crippen LogP contribution in [0.5, 0.6) is 0 Å². The molecule has 0 saturated heterocycles. The van der Waals surface area contributed by atoms with Gasteiger partial charge in [0.2, 0.25) is 5.95 Å². The second-order valence-electron chi connectivity index (χ2n) is 14.5. The molecule has 55 heavy (non-hydrogen) atoms. The molecule has 0 aliphatic rings. The van der Waals surface area contributed by atoms with Gasteiger partial charge in [-0.1, -0.05) is 140 Å². The fraction of sp³-hybridized carbons (Fsp3) is 0. The minimum atomic E-state index is 0.611. The van der Waals surface area contributed by atoms with Gasteiger partial charge in [0.15, 0.2) is 5.58 Å². The van der Waals surface area contributed by atoms with E-state index >= 15 is 0 Å². The molecule has 13 aromatic rings. The largest absolute Gasteiger partial charge is 0.452 e. The molecule has 0 fully saturated rings. The lowest BCUT2D eigenvalue weighted by atomic mass is 10.0. The molecule has 0 bridgehead atoms. The van der Waals surface area contributed by atoms with Gasteiger partial charge in [0.1, 0.15) is 16.8 Å². The Kier molecular flexibility index (Phi) is 5.57. The van der Waals surface area contributed by atoms with E-state index in [-0.39, 0.29) is 0 Å². The molecule has 5 aromatic heterocycles. The van der Waals surface area contributed by atoms with Crippen LogP contribution in [0.4, 0.5) is 0 Å². The SMILES string of the molecule is c1ccc(-c2ccc(-c3nc(-n4c5ccccc5c5cc6c7ccccc7n7c8c9ccccc9ccc8c(c54)c67)nc4c3oc3ccccc34)cc2)cc1. The van der Waals surface area contributed by atoms with Gasteiger partial charge in [-0.2, -0.15) is 0 Å². The highest BCUT2D eigenvalue weighted by Crippen LogP contribution is 2.48. The number of fused-ring (bicyclic) bond motifs is 15. The molecule has 0 radical (unpaired) electrons. The van der Waals surface area contributed by atoms with Crippen LogP contribution in [-0.4, -0.2) is 18.9 Å². The van der Waals surface area contributed by atoms with E-state index in [1.807, 2.05) is 24.3 Å². The van der Waals surface area contributed by atoms with E-state index in [1.54, 1.807) is 0 Å². The maximum atomic E-state index is 6.59. The third-order valence-corrected chi connectivity index (χ3v) is 11.7. The van der Waals surface area contributed by atoms with Crippen molar-refractivity contribution in [1.29, 1.82) is 0 Å². The van der Waals surface area contributed by atoms with Gasteiger partial charge in [-0.25, -0.2) is 9.97 Å². The van der Waals surface area contributed by atoms with Gasteiger partial charge < -0.3 is 8.82 Å². The smallest absolute Gasteiger partial charge is 0.236 e. The molecule has 254 valence electrons. The van der Waals surface area contributed by atoms with Crippen LogP contribution in [0.1, 0.15) is 0 Å². The Balaban J connectivity index is 1.20. The molecule has 8 aromatic carbocycles. The van der Waals surface area contributed by atoms with Gasteiger partial charge >= 0.3 is 0 Å². The standard InChI is InChI=1S/C50H28N4O/c1-2-12-29(13-3-1)30-22-24-32(25-23-30)44-49-45(36-18-8-11-21-42(36)55-49)52-50(51-44)54-41-20-10-7-17-35(41)39-28-38-34-16-6-9-19-40(34)53-46-33-15-5-4-14-31(33)26-27-37(46)43(47(38)53)48(39)54/h1-28H. The van der Waals surface area contributed by atoms with Crippen molar-refractivity contribution >= 4 is 92.7 Å². The van der Waals surface area contributed by atoms with Crippen LogP contribution in [0.15, 0.2) is 174 Å². The molecular formula is C50H28N4O. The number of furan rings is 1. The summed E-state index contributed by atoms with van der Waals surface area (Å²) in [6.45, 7) is 0. The van der Waals surface area contributed by atoms with Crippen molar-refractivity contribution in [2.45, 2.75) is 0 Å². The molecule has 0 spiro atoms. The van der Waals surface area contributed by atoms with Gasteiger partial charge in [0.05, 0.1) is 27.6 Å². The molecule has 0 N–H and O–H groups in total. The molecule has 5 heteroatoms. The van der Waals surface area contributed by atoms with E-state index in [1.165, 1.54) is 59.8 Å². The first-order chi connectivity index (χ1) is 27.3. The average molecular weight is 701 g/mol. The molecule has 13 rings (SSSR count). The van der Waals surface area contributed by atoms with Crippen LogP contribution in [0.25, 0.3) is 121 Å². The van der Waals surface area contributed by atoms with E-state index < -0.39 is 0 Å². The molecule has 0 aliphatic carbocycles. The minimum Gasteiger partial charge on any atom is -0.452 e. The maximum absolute atomic E-state index is 6.59. The predicted molar refractivity (Wildman–Crippen MR) is 227 cm³/mol. The molecule has 0 amide bonds. The highest BCUT2D eigenvalue weighted by molar-refractivity contribution is 6.36. The van der Waals surface area contributed by atoms with Crippen molar-refractivity contribution in [3.8, 4) is 28.3 Å². The van der Waals surface area contributed by atoms with Gasteiger partial charge in [-0.05, 0) is 46.8 Å². The zero-order valence-electron chi connectivity index (χ0n) is 29.4. The van der Waals surface area contributed by atoms with E-state index in [0.29, 0.717) is 11.5 Å². The Labute approximate surface area is 313 Å². The lowest BCUT2D eigenvalue weighted by molar-refractivity contribution is 0.666. The van der Waals surface area contributed by atoms with Gasteiger partial charge in [-0.15, -0.1) is 0 Å². The Morgan fingerprint density at radius 3 is 1.89 bits per heavy atom. The third kappa shape index (κ3) is 3.81. The van der Waals surface area contributed by atoms with Gasteiger partial charge in [-0.3, -0.25) is 4.57 Å². The van der Waals surface area contributed by atoms with Crippen LogP contribution in [0, 0.1) is 0 Å². The molecule has 5 heterocycles. The summed E-state index contributed by atoms with van der Waals surface area (Å²) in [5, 5.41) is 10.7. The van der Waals surface area contributed by atoms with Crippen molar-refractivity contribution in [1.82, 2.24) is 18.9 Å². The topological polar surface area (TPSA) is 48.3 Å². The fourth-order valence-corrected chi connectivity index (χ4v) is 9.29. The quantitative estimate of drug-likeness (QED) is 0.184. The maximum Gasteiger partial charge on any atom is 0.236 e. The molecule has 0 aliphatic heterocycles. The van der Waals surface area contributed by atoms with Crippen LogP contribution in [0.2, 0.25) is 0 Å². The second-order valence-corrected chi connectivity index (χ2v) is 14.5. The molecule has 0 unspecified atom stereocenters. The third-order valence-electron chi connectivity index (χ3n) is 11.7. The summed E-state index contributed by atoms with van der Waals surface area (Å²) in [5.74, 6) is 0.611. The fourth-order valence-electron chi connectivity index (χ4n) is 9.29. The summed E-state index contributed by atoms with van der Waals surface area (Å²) < 4.78 is 11.4. The Bertz CT molecular complexity index is 3700. The Hall–Kier alpha value is -7.50. The number of para-hydroxylation sites is 3. The van der Waals surface area contributed by atoms with Crippen LogP contribution in [0.3, 0.4) is 0 Å². The number of rotatable bonds is 3. The van der Waals surface area contributed by atoms with Crippen molar-refractivity contribution in [3.63, 3.8) is 0 Å². The number of hydrogen-bond acceptors (Lipinski definition) is 3. The van der Waals surface area contributed by atoms with Crippen LogP contribution in [-0.2, 0) is 0 Å². The monoisotopic (exact) mass is 700 g/mol. The molecule has 0 atom stereocenters. The van der Waals surface area contributed by atoms with E-state index in [0.717, 1.165) is 49.7 Å². The normalized spacial score (nSPS) is 12.4. The molecule has 0 saturated carbocycles. The number of hydrogen-bond donors (Lipinski definition) is 0. The summed E-state index contributed by atoms with van der Waals surface area (Å²) in [4.78, 5) is 10.9. The summed E-state index contributed by atoms with van der Waals surface area (Å²) >= 11 is 0. The lowest BCUT2D eigenvalue weighted by Crippen LogP contribution is -2.03. The average Bonchev–Trinajstić information content (AvgIpc) is 3.99. The van der Waals surface area contributed by atoms with E-state index in [4.69, 9.17) is 14.4 Å². The number of benzene rings is 8. The zero-order chi connectivity index (χ0) is 35.8. The summed E-state index contributed by atoms with van der Waals surface area (Å²) in [7, 11) is 0. The van der Waals surface area contributed by atoms with Gasteiger partial charge in [0, 0.05) is 48.7 Å². The first kappa shape index (κ1) is 29.0. The summed E-state index contributed by atoms with van der Waals surface area (Å²) in [6.07, 6.45) is 0. The summed E-state index contributed by atoms with van der Waals surface area (Å²) in [6, 6.07) is 60.4. The van der Waals surface area contributed by atoms with E-state index in [2.05, 4.69) is 155 Å². The first-order valence-electron chi connectivity index (χ1n) is 18.7. The van der Waals surface area contributed by atoms with Gasteiger partial charge in [0.25, 0.3) is 0 Å². The predicted octanol–water partition coefficient (Wildman–Crippen LogP) is 13.1. The minimum absolute atomic E-state index is 0.611. The van der Waals surface area contributed by atoms with Crippen molar-refractivity contribution in [3.05, 3.63) is 170 Å². The Morgan fingerprint density at radius 2 is 1.05 bits per heavy atom. The number of aromatic nitrogens is 4. The van der Waals surface area contributed by atoms with Crippen molar-refractivity contribution < 1.29 is 4.42 Å². The highest BCUT2D eigenvalue weighted by Gasteiger charge is 2.27. The molecule has 5 nitrogen and oxygen atoms in total. The molecular weight excluding hydrogens is 673 g/mol. The number of nitrogens with zero attached hydrogens (tertiary/aromatic N) is 4. The van der Waals surface area contributed by atoms with Crippen molar-refractivity contribution in [2.24, 2.45) is 0 Å². The zero-order valence-corrected chi connectivity index (χ0v) is 29.4. The van der Waals surface area contributed by atoms with Crippen LogP contribution >= 0.6 is 0 Å².